The van der Waals surface area contributed by atoms with Gasteiger partial charge in [-0.15, -0.1) is 0 Å². The minimum Gasteiger partial charge on any atom is -0.489 e. The molecule has 1 aromatic carbocycles. The van der Waals surface area contributed by atoms with E-state index in [-0.39, 0.29) is 0 Å². The number of hydrogen-bond acceptors (Lipinski definition) is 2. The third-order valence-corrected chi connectivity index (χ3v) is 3.37. The van der Waals surface area contributed by atoms with E-state index in [4.69, 9.17) is 4.74 Å². The first-order valence-electron chi connectivity index (χ1n) is 7.60. The molecule has 20 heavy (non-hydrogen) atoms. The molecule has 2 heteroatoms. The fraction of sp³-hybridized carbons (Fsp3) is 0.556. The highest BCUT2D eigenvalue weighted by Gasteiger charge is 2.15. The fourth-order valence-electron chi connectivity index (χ4n) is 2.18. The van der Waals surface area contributed by atoms with Crippen molar-refractivity contribution in [3.63, 3.8) is 0 Å². The van der Waals surface area contributed by atoms with E-state index < -0.39 is 0 Å². The molecule has 112 valence electrons. The molecule has 0 aromatic heterocycles. The molecule has 0 amide bonds. The van der Waals surface area contributed by atoms with Crippen molar-refractivity contribution in [1.29, 1.82) is 0 Å². The second-order valence-corrected chi connectivity index (χ2v) is 5.89. The monoisotopic (exact) mass is 275 g/mol. The van der Waals surface area contributed by atoms with Crippen molar-refractivity contribution in [2.24, 2.45) is 0 Å². The Morgan fingerprint density at radius 1 is 1.15 bits per heavy atom. The molecule has 0 spiro atoms. The Bertz CT molecular complexity index is 409. The fourth-order valence-corrected chi connectivity index (χ4v) is 2.18. The van der Waals surface area contributed by atoms with Crippen LogP contribution < -0.4 is 10.1 Å². The molecule has 0 atom stereocenters. The van der Waals surface area contributed by atoms with Crippen molar-refractivity contribution in [1.82, 2.24) is 5.32 Å². The van der Waals surface area contributed by atoms with Crippen LogP contribution in [-0.4, -0.2) is 19.7 Å². The Morgan fingerprint density at radius 3 is 2.15 bits per heavy atom. The summed E-state index contributed by atoms with van der Waals surface area (Å²) >= 11 is 0. The van der Waals surface area contributed by atoms with Crippen molar-refractivity contribution in [3.8, 4) is 5.75 Å². The summed E-state index contributed by atoms with van der Waals surface area (Å²) in [6.07, 6.45) is 0. The van der Waals surface area contributed by atoms with Gasteiger partial charge in [-0.3, -0.25) is 0 Å². The smallest absolute Gasteiger partial charge is 0.126 e. The summed E-state index contributed by atoms with van der Waals surface area (Å²) in [5.74, 6) is 1.98. The second kappa shape index (κ2) is 8.11. The van der Waals surface area contributed by atoms with Crippen LogP contribution in [0.3, 0.4) is 0 Å². The third-order valence-electron chi connectivity index (χ3n) is 3.37. The van der Waals surface area contributed by atoms with Crippen LogP contribution in [0.4, 0.5) is 0 Å². The number of benzene rings is 1. The lowest BCUT2D eigenvalue weighted by atomic mass is 9.94. The average Bonchev–Trinajstić information content (AvgIpc) is 2.42. The molecule has 0 bridgehead atoms. The van der Waals surface area contributed by atoms with Gasteiger partial charge in [-0.05, 0) is 35.1 Å². The minimum atomic E-state index is 0.464. The zero-order valence-corrected chi connectivity index (χ0v) is 13.6. The van der Waals surface area contributed by atoms with Crippen LogP contribution >= 0.6 is 0 Å². The molecule has 1 N–H and O–H groups in total. The van der Waals surface area contributed by atoms with Gasteiger partial charge in [0.25, 0.3) is 0 Å². The molecule has 0 aliphatic heterocycles. The van der Waals surface area contributed by atoms with Gasteiger partial charge >= 0.3 is 0 Å². The highest BCUT2D eigenvalue weighted by atomic mass is 16.5. The van der Waals surface area contributed by atoms with Crippen molar-refractivity contribution >= 4 is 0 Å². The summed E-state index contributed by atoms with van der Waals surface area (Å²) in [4.78, 5) is 0. The summed E-state index contributed by atoms with van der Waals surface area (Å²) in [7, 11) is 0. The van der Waals surface area contributed by atoms with E-state index in [1.165, 1.54) is 11.1 Å². The number of likely N-dealkylation sites (N-methyl/N-ethyl adjacent to an activating group) is 1. The molecule has 0 radical (unpaired) electrons. The quantitative estimate of drug-likeness (QED) is 0.706. The maximum Gasteiger partial charge on any atom is 0.126 e. The predicted molar refractivity (Wildman–Crippen MR) is 87.8 cm³/mol. The highest BCUT2D eigenvalue weighted by Crippen LogP contribution is 2.34. The van der Waals surface area contributed by atoms with Crippen LogP contribution in [0.2, 0.25) is 0 Å². The standard InChI is InChI=1S/C18H29NO/c1-7-19-11-15(6)12-20-18-16(13(2)3)9-8-10-17(18)14(4)5/h8-10,13-14,19H,6-7,11-12H2,1-5H3. The number of hydrogen-bond donors (Lipinski definition) is 1. The molecule has 1 aromatic rings. The maximum absolute atomic E-state index is 6.11. The number of ether oxygens (including phenoxy) is 1. The van der Waals surface area contributed by atoms with Crippen LogP contribution in [0.15, 0.2) is 30.4 Å². The molecule has 0 aliphatic rings. The van der Waals surface area contributed by atoms with Crippen LogP contribution in [0.1, 0.15) is 57.6 Å². The van der Waals surface area contributed by atoms with Crippen LogP contribution in [-0.2, 0) is 0 Å². The Hall–Kier alpha value is -1.28. The molecule has 0 fully saturated rings. The molecule has 2 nitrogen and oxygen atoms in total. The molecule has 0 aliphatic carbocycles. The zero-order chi connectivity index (χ0) is 15.1. The highest BCUT2D eigenvalue weighted by molar-refractivity contribution is 5.45. The Balaban J connectivity index is 2.88. The lowest BCUT2D eigenvalue weighted by molar-refractivity contribution is 0.338. The summed E-state index contributed by atoms with van der Waals surface area (Å²) in [6.45, 7) is 17.4. The van der Waals surface area contributed by atoms with Gasteiger partial charge in [-0.25, -0.2) is 0 Å². The van der Waals surface area contributed by atoms with E-state index in [1.807, 2.05) is 0 Å². The number of nitrogens with one attached hydrogen (secondary N) is 1. The van der Waals surface area contributed by atoms with Crippen molar-refractivity contribution in [3.05, 3.63) is 41.5 Å². The normalized spacial score (nSPS) is 11.2. The molecular formula is C18H29NO. The molecule has 0 saturated heterocycles. The summed E-state index contributed by atoms with van der Waals surface area (Å²) in [5, 5.41) is 3.28. The van der Waals surface area contributed by atoms with Crippen LogP contribution in [0, 0.1) is 0 Å². The molecule has 0 saturated carbocycles. The summed E-state index contributed by atoms with van der Waals surface area (Å²) in [5.41, 5.74) is 3.65. The molecule has 0 unspecified atom stereocenters. The number of rotatable bonds is 8. The van der Waals surface area contributed by atoms with Gasteiger partial charge in [-0.2, -0.15) is 0 Å². The number of para-hydroxylation sites is 1. The Morgan fingerprint density at radius 2 is 1.70 bits per heavy atom. The minimum absolute atomic E-state index is 0.464. The van der Waals surface area contributed by atoms with E-state index in [2.05, 4.69) is 64.7 Å². The van der Waals surface area contributed by atoms with Crippen molar-refractivity contribution < 1.29 is 4.74 Å². The van der Waals surface area contributed by atoms with Gasteiger partial charge in [0.05, 0.1) is 0 Å². The van der Waals surface area contributed by atoms with E-state index in [1.54, 1.807) is 0 Å². The Kier molecular flexibility index (Phi) is 6.80. The van der Waals surface area contributed by atoms with Gasteiger partial charge in [-0.1, -0.05) is 59.4 Å². The van der Waals surface area contributed by atoms with Gasteiger partial charge in [0, 0.05) is 6.54 Å². The lowest BCUT2D eigenvalue weighted by Gasteiger charge is -2.20. The van der Waals surface area contributed by atoms with Crippen molar-refractivity contribution in [2.75, 3.05) is 19.7 Å². The topological polar surface area (TPSA) is 21.3 Å². The second-order valence-electron chi connectivity index (χ2n) is 5.89. The van der Waals surface area contributed by atoms with Gasteiger partial charge in [0.1, 0.15) is 12.4 Å². The van der Waals surface area contributed by atoms with Gasteiger partial charge < -0.3 is 10.1 Å². The zero-order valence-electron chi connectivity index (χ0n) is 13.6. The SMILES string of the molecule is C=C(CNCC)COc1c(C(C)C)cccc1C(C)C. The molecular weight excluding hydrogens is 246 g/mol. The van der Waals surface area contributed by atoms with Gasteiger partial charge in [0.15, 0.2) is 0 Å². The van der Waals surface area contributed by atoms with E-state index >= 15 is 0 Å². The first kappa shape index (κ1) is 16.8. The van der Waals surface area contributed by atoms with Crippen LogP contribution in [0.5, 0.6) is 5.75 Å². The first-order valence-corrected chi connectivity index (χ1v) is 7.60. The Labute approximate surface area is 124 Å². The van der Waals surface area contributed by atoms with Gasteiger partial charge in [0.2, 0.25) is 0 Å². The summed E-state index contributed by atoms with van der Waals surface area (Å²) < 4.78 is 6.11. The van der Waals surface area contributed by atoms with E-state index in [0.29, 0.717) is 18.4 Å². The van der Waals surface area contributed by atoms with Crippen LogP contribution in [0.25, 0.3) is 0 Å². The average molecular weight is 275 g/mol. The van der Waals surface area contributed by atoms with E-state index in [9.17, 15) is 0 Å². The largest absolute Gasteiger partial charge is 0.489 e. The third kappa shape index (κ3) is 4.68. The summed E-state index contributed by atoms with van der Waals surface area (Å²) in [6, 6.07) is 6.46. The predicted octanol–water partition coefficient (Wildman–Crippen LogP) is 4.48. The van der Waals surface area contributed by atoms with Crippen molar-refractivity contribution in [2.45, 2.75) is 46.5 Å². The molecule has 0 heterocycles. The lowest BCUT2D eigenvalue weighted by Crippen LogP contribution is -2.19. The maximum atomic E-state index is 6.11. The van der Waals surface area contributed by atoms with E-state index in [0.717, 1.165) is 24.4 Å². The molecule has 1 rings (SSSR count). The first-order chi connectivity index (χ1) is 9.47.